The number of hydrogen-bond acceptors (Lipinski definition) is 16. The molecule has 7 rings (SSSR count). The molecule has 2 aliphatic heterocycles. The number of hydrogen-bond donors (Lipinski definition) is 3. The van der Waals surface area contributed by atoms with Gasteiger partial charge in [0.25, 0.3) is 16.0 Å². The number of methoxy groups -OCH3 is 1. The predicted molar refractivity (Wildman–Crippen MR) is 242 cm³/mol. The third kappa shape index (κ3) is 12.8. The van der Waals surface area contributed by atoms with Gasteiger partial charge in [0.15, 0.2) is 5.69 Å². The molecule has 1 aromatic carbocycles. The number of carbonyl (C=O) groups is 3. The Kier molecular flexibility index (Phi) is 17.3. The van der Waals surface area contributed by atoms with E-state index < -0.39 is 27.8 Å². The van der Waals surface area contributed by atoms with Gasteiger partial charge in [-0.1, -0.05) is 6.42 Å². The number of rotatable bonds is 24. The Bertz CT molecular complexity index is 2380. The number of amides is 3. The first-order valence-electron chi connectivity index (χ1n) is 22.0. The Morgan fingerprint density at radius 1 is 0.909 bits per heavy atom. The number of nitrogens with one attached hydrogen (secondary N) is 1. The van der Waals surface area contributed by atoms with E-state index in [4.69, 9.17) is 48.5 Å². The minimum absolute atomic E-state index is 0.120. The molecule has 3 amide bonds. The zero-order valence-electron chi connectivity index (χ0n) is 36.9. The summed E-state index contributed by atoms with van der Waals surface area (Å²) in [5, 5.41) is 10.2. The second kappa shape index (κ2) is 23.5. The van der Waals surface area contributed by atoms with Crippen molar-refractivity contribution in [3.05, 3.63) is 59.4 Å². The van der Waals surface area contributed by atoms with E-state index in [0.717, 1.165) is 46.6 Å². The van der Waals surface area contributed by atoms with Crippen molar-refractivity contribution in [2.24, 2.45) is 11.7 Å². The summed E-state index contributed by atoms with van der Waals surface area (Å²) >= 11 is 1.52. The quantitative estimate of drug-likeness (QED) is 0.0675. The van der Waals surface area contributed by atoms with Crippen LogP contribution in [0.3, 0.4) is 0 Å². The Labute approximate surface area is 387 Å². The van der Waals surface area contributed by atoms with Crippen LogP contribution in [-0.2, 0) is 45.3 Å². The first kappa shape index (κ1) is 48.7. The highest BCUT2D eigenvalue weighted by Crippen LogP contribution is 2.46. The van der Waals surface area contributed by atoms with Crippen LogP contribution in [0.4, 0.5) is 0 Å². The fourth-order valence-electron chi connectivity index (χ4n) is 7.70. The van der Waals surface area contributed by atoms with Crippen LogP contribution in [0, 0.1) is 5.92 Å². The highest BCUT2D eigenvalue weighted by molar-refractivity contribution is 7.85. The minimum atomic E-state index is -4.34. The van der Waals surface area contributed by atoms with Crippen LogP contribution in [0.2, 0.25) is 0 Å². The van der Waals surface area contributed by atoms with Crippen molar-refractivity contribution in [1.82, 2.24) is 29.9 Å². The van der Waals surface area contributed by atoms with E-state index in [2.05, 4.69) is 10.3 Å². The van der Waals surface area contributed by atoms with E-state index in [1.165, 1.54) is 11.3 Å². The average molecular weight is 956 g/mol. The molecule has 20 nitrogen and oxygen atoms in total. The van der Waals surface area contributed by atoms with Crippen LogP contribution in [0.25, 0.3) is 27.4 Å². The molecule has 4 aromatic rings. The van der Waals surface area contributed by atoms with Crippen molar-refractivity contribution in [3.8, 4) is 44.6 Å². The van der Waals surface area contributed by atoms with Crippen molar-refractivity contribution < 1.29 is 60.5 Å². The number of benzene rings is 1. The van der Waals surface area contributed by atoms with Crippen molar-refractivity contribution in [1.29, 1.82) is 0 Å². The summed E-state index contributed by atoms with van der Waals surface area (Å²) in [5.41, 5.74) is 9.48. The van der Waals surface area contributed by atoms with Crippen LogP contribution >= 0.6 is 11.3 Å². The normalized spacial score (nSPS) is 15.5. The average Bonchev–Trinajstić information content (AvgIpc) is 3.89. The minimum Gasteiger partial charge on any atom is -0.496 e. The van der Waals surface area contributed by atoms with E-state index in [1.54, 1.807) is 19.5 Å². The van der Waals surface area contributed by atoms with E-state index in [1.807, 2.05) is 50.2 Å². The Morgan fingerprint density at radius 2 is 1.61 bits per heavy atom. The second-order valence-electron chi connectivity index (χ2n) is 15.8. The Morgan fingerprint density at radius 3 is 2.27 bits per heavy atom. The molecule has 22 heteroatoms. The lowest BCUT2D eigenvalue weighted by Gasteiger charge is -2.31. The molecule has 0 unspecified atom stereocenters. The number of nitrogens with two attached hydrogens (primary N) is 1. The van der Waals surface area contributed by atoms with Crippen molar-refractivity contribution in [2.75, 3.05) is 105 Å². The summed E-state index contributed by atoms with van der Waals surface area (Å²) in [7, 11) is -2.74. The van der Waals surface area contributed by atoms with Gasteiger partial charge in [-0.25, -0.2) is 4.68 Å². The smallest absolute Gasteiger partial charge is 0.274 e. The molecule has 0 radical (unpaired) electrons. The molecule has 3 aromatic heterocycles. The third-order valence-corrected chi connectivity index (χ3v) is 12.9. The lowest BCUT2D eigenvalue weighted by Crippen LogP contribution is -2.45. The molecule has 5 heterocycles. The summed E-state index contributed by atoms with van der Waals surface area (Å²) in [6.45, 7) is 5.20. The van der Waals surface area contributed by atoms with E-state index in [0.29, 0.717) is 101 Å². The molecule has 1 aliphatic carbocycles. The summed E-state index contributed by atoms with van der Waals surface area (Å²) < 4.78 is 72.5. The highest BCUT2D eigenvalue weighted by atomic mass is 32.2. The Balaban J connectivity index is 0.879. The van der Waals surface area contributed by atoms with Crippen molar-refractivity contribution >= 4 is 39.2 Å². The maximum absolute atomic E-state index is 14.3. The van der Waals surface area contributed by atoms with Crippen LogP contribution in [-0.4, -0.2) is 166 Å². The van der Waals surface area contributed by atoms with Gasteiger partial charge in [-0.05, 0) is 48.9 Å². The summed E-state index contributed by atoms with van der Waals surface area (Å²) in [4.78, 5) is 47.3. The number of nitrogens with zero attached hydrogens (tertiary/aromatic N) is 5. The molecular formula is C44H57N7O13S2. The lowest BCUT2D eigenvalue weighted by molar-refractivity contribution is -0.138. The van der Waals surface area contributed by atoms with Crippen LogP contribution in [0.1, 0.15) is 41.7 Å². The molecule has 2 fully saturated rings. The highest BCUT2D eigenvalue weighted by Gasteiger charge is 2.35. The number of fused-ring (bicyclic) bond motifs is 3. The van der Waals surface area contributed by atoms with Crippen molar-refractivity contribution in [3.63, 3.8) is 0 Å². The zero-order valence-corrected chi connectivity index (χ0v) is 38.5. The van der Waals surface area contributed by atoms with E-state index in [9.17, 15) is 22.8 Å². The van der Waals surface area contributed by atoms with Gasteiger partial charge < -0.3 is 54.0 Å². The summed E-state index contributed by atoms with van der Waals surface area (Å²) in [5.74, 6) is 0.307. The first-order chi connectivity index (χ1) is 32.0. The van der Waals surface area contributed by atoms with Crippen molar-refractivity contribution in [2.45, 2.75) is 38.3 Å². The lowest BCUT2D eigenvalue weighted by atomic mass is 9.84. The SMILES string of the molecule is COc1cc2c(cc1-c1cncc(OCCOCCOCCOCCOCCNC(=O)[C@@H](N)CS(=O)(=O)O)c1)-c1c(c(C(=O)N3CCCN(C(=O)C4CCC4)CC3)nn1-c1cccs1)CO2. The number of aromatic nitrogens is 3. The summed E-state index contributed by atoms with van der Waals surface area (Å²) in [6, 6.07) is 8.26. The number of pyridine rings is 1. The van der Waals surface area contributed by atoms with Crippen LogP contribution < -0.4 is 25.3 Å². The maximum atomic E-state index is 14.3. The van der Waals surface area contributed by atoms with Gasteiger partial charge in [0.05, 0.1) is 77.6 Å². The molecular weight excluding hydrogens is 899 g/mol. The van der Waals surface area contributed by atoms with E-state index in [-0.39, 0.29) is 50.7 Å². The van der Waals surface area contributed by atoms with E-state index >= 15 is 0 Å². The molecule has 0 bridgehead atoms. The molecule has 358 valence electrons. The topological polar surface area (TPSA) is 245 Å². The van der Waals surface area contributed by atoms with Gasteiger partial charge in [0.1, 0.15) is 41.5 Å². The molecule has 1 atom stereocenters. The van der Waals surface area contributed by atoms with Gasteiger partial charge in [0, 0.05) is 73.2 Å². The summed E-state index contributed by atoms with van der Waals surface area (Å²) in [6.07, 6.45) is 7.07. The molecule has 1 saturated carbocycles. The Hall–Kier alpha value is -5.20. The molecule has 4 N–H and O–H groups in total. The molecule has 66 heavy (non-hydrogen) atoms. The van der Waals surface area contributed by atoms with Gasteiger partial charge in [-0.2, -0.15) is 13.5 Å². The van der Waals surface area contributed by atoms with Gasteiger partial charge in [-0.3, -0.25) is 23.9 Å². The first-order valence-corrected chi connectivity index (χ1v) is 24.5. The number of carbonyl (C=O) groups excluding carboxylic acids is 3. The monoisotopic (exact) mass is 955 g/mol. The second-order valence-corrected chi connectivity index (χ2v) is 18.3. The molecule has 1 saturated heterocycles. The largest absolute Gasteiger partial charge is 0.496 e. The van der Waals surface area contributed by atoms with Crippen LogP contribution in [0.15, 0.2) is 48.1 Å². The zero-order chi connectivity index (χ0) is 46.5. The fourth-order valence-corrected chi connectivity index (χ4v) is 9.00. The molecule has 3 aliphatic rings. The van der Waals surface area contributed by atoms with Crippen LogP contribution in [0.5, 0.6) is 17.2 Å². The predicted octanol–water partition coefficient (Wildman–Crippen LogP) is 2.81. The fraction of sp³-hybridized carbons (Fsp3) is 0.523. The third-order valence-electron chi connectivity index (χ3n) is 11.3. The standard InChI is InChI=1S/C44H57N7O13S2/c1-58-37-25-38-34(41-35(28-64-38)40(48-51(41)39-7-3-22-65-39)44(54)50-10-4-9-49(11-12-50)43(53)30-5-2-6-30)24-33(37)31-23-32(27-46-26-31)63-21-20-62-19-18-61-17-16-60-15-14-59-13-8-47-42(52)36(45)29-66(55,56)57/h3,7,22-27,30,36H,2,4-6,8-21,28-29,45H2,1H3,(H,47,52)(H,55,56,57)/t36-/m0/s1. The van der Waals surface area contributed by atoms with Gasteiger partial charge in [-0.15, -0.1) is 11.3 Å². The number of ether oxygens (including phenoxy) is 7. The van der Waals surface area contributed by atoms with Gasteiger partial charge in [0.2, 0.25) is 11.8 Å². The maximum Gasteiger partial charge on any atom is 0.274 e. The van der Waals surface area contributed by atoms with Gasteiger partial charge >= 0.3 is 0 Å². The number of thiophene rings is 1. The molecule has 0 spiro atoms.